The fraction of sp³-hybridized carbons (Fsp3) is 0.231. The molecule has 166 valence electrons. The maximum atomic E-state index is 12.1. The molecule has 0 aromatic heterocycles. The Kier molecular flexibility index (Phi) is 9.15. The zero-order valence-corrected chi connectivity index (χ0v) is 17.9. The van der Waals surface area contributed by atoms with E-state index in [0.717, 1.165) is 16.7 Å². The van der Waals surface area contributed by atoms with Crippen LogP contribution in [0.2, 0.25) is 0 Å². The summed E-state index contributed by atoms with van der Waals surface area (Å²) >= 11 is 0. The Labute approximate surface area is 188 Å². The first-order valence-corrected chi connectivity index (χ1v) is 10.6. The quantitative estimate of drug-likeness (QED) is 0.487. The molecule has 0 heterocycles. The molecule has 0 aliphatic rings. The maximum Gasteiger partial charge on any atom is 0.407 e. The second-order valence-electron chi connectivity index (χ2n) is 7.44. The largest absolute Gasteiger partial charge is 0.445 e. The van der Waals surface area contributed by atoms with Crippen molar-refractivity contribution in [2.45, 2.75) is 19.6 Å². The van der Waals surface area contributed by atoms with Crippen LogP contribution in [0.15, 0.2) is 91.0 Å². The Balaban J connectivity index is 1.46. The predicted molar refractivity (Wildman–Crippen MR) is 123 cm³/mol. The molecule has 6 nitrogen and oxygen atoms in total. The van der Waals surface area contributed by atoms with Crippen molar-refractivity contribution >= 4 is 12.2 Å². The number of rotatable bonds is 10. The topological polar surface area (TPSA) is 76.7 Å². The molecule has 3 rings (SSSR count). The van der Waals surface area contributed by atoms with E-state index in [0.29, 0.717) is 19.5 Å². The molecule has 0 saturated heterocycles. The van der Waals surface area contributed by atoms with Gasteiger partial charge in [-0.15, -0.1) is 0 Å². The molecule has 0 bridgehead atoms. The van der Waals surface area contributed by atoms with Crippen LogP contribution in [-0.4, -0.2) is 25.3 Å². The maximum absolute atomic E-state index is 12.1. The summed E-state index contributed by atoms with van der Waals surface area (Å²) in [6.07, 6.45) is -0.282. The molecular formula is C26H28N2O4. The lowest BCUT2D eigenvalue weighted by atomic mass is 9.99. The Hall–Kier alpha value is -3.80. The lowest BCUT2D eigenvalue weighted by molar-refractivity contribution is 0.135. The van der Waals surface area contributed by atoms with Crippen LogP contribution < -0.4 is 10.6 Å². The van der Waals surface area contributed by atoms with Crippen LogP contribution in [0.3, 0.4) is 0 Å². The first-order valence-electron chi connectivity index (χ1n) is 10.6. The number of nitrogens with one attached hydrogen (secondary N) is 2. The van der Waals surface area contributed by atoms with Crippen molar-refractivity contribution in [3.05, 3.63) is 108 Å². The number of amides is 2. The van der Waals surface area contributed by atoms with E-state index in [9.17, 15) is 9.59 Å². The number of carbonyl (C=O) groups excluding carboxylic acids is 2. The van der Waals surface area contributed by atoms with Gasteiger partial charge in [-0.3, -0.25) is 0 Å². The molecule has 2 N–H and O–H groups in total. The van der Waals surface area contributed by atoms with Gasteiger partial charge in [0.05, 0.1) is 0 Å². The molecule has 0 fully saturated rings. The summed E-state index contributed by atoms with van der Waals surface area (Å²) in [5, 5.41) is 5.60. The number of alkyl carbamates (subject to hydrolysis) is 2. The van der Waals surface area contributed by atoms with Gasteiger partial charge in [-0.2, -0.15) is 0 Å². The number of ether oxygens (including phenoxy) is 2. The highest BCUT2D eigenvalue weighted by Crippen LogP contribution is 2.09. The first-order chi connectivity index (χ1) is 15.7. The molecular weight excluding hydrogens is 404 g/mol. The smallest absolute Gasteiger partial charge is 0.407 e. The molecule has 0 aliphatic heterocycles. The van der Waals surface area contributed by atoms with Gasteiger partial charge in [0, 0.05) is 13.1 Å². The number of hydrogen-bond acceptors (Lipinski definition) is 4. The van der Waals surface area contributed by atoms with Gasteiger partial charge in [0.25, 0.3) is 0 Å². The van der Waals surface area contributed by atoms with Crippen molar-refractivity contribution < 1.29 is 19.1 Å². The van der Waals surface area contributed by atoms with E-state index in [1.54, 1.807) is 0 Å². The third-order valence-electron chi connectivity index (χ3n) is 4.86. The molecule has 0 aliphatic carbocycles. The van der Waals surface area contributed by atoms with Gasteiger partial charge in [-0.1, -0.05) is 91.0 Å². The Morgan fingerprint density at radius 1 is 0.594 bits per heavy atom. The minimum absolute atomic E-state index is 0.0223. The van der Waals surface area contributed by atoms with Gasteiger partial charge in [0.1, 0.15) is 13.2 Å². The average molecular weight is 433 g/mol. The Morgan fingerprint density at radius 2 is 0.969 bits per heavy atom. The van der Waals surface area contributed by atoms with Crippen LogP contribution in [0.1, 0.15) is 16.7 Å². The molecule has 0 unspecified atom stereocenters. The van der Waals surface area contributed by atoms with Crippen LogP contribution >= 0.6 is 0 Å². The second-order valence-corrected chi connectivity index (χ2v) is 7.44. The van der Waals surface area contributed by atoms with E-state index in [2.05, 4.69) is 10.6 Å². The fourth-order valence-corrected chi connectivity index (χ4v) is 3.17. The van der Waals surface area contributed by atoms with Crippen molar-refractivity contribution in [1.82, 2.24) is 10.6 Å². The molecule has 32 heavy (non-hydrogen) atoms. The summed E-state index contributed by atoms with van der Waals surface area (Å²) in [6, 6.07) is 28.9. The zero-order chi connectivity index (χ0) is 22.4. The standard InChI is InChI=1S/C26H28N2O4/c29-25(31-19-22-12-6-2-7-13-22)27-17-24(16-21-10-4-1-5-11-21)18-28-26(30)32-20-23-14-8-3-9-15-23/h1-15,24H,16-20H2,(H,27,29)(H,28,30). The highest BCUT2D eigenvalue weighted by molar-refractivity contribution is 5.68. The van der Waals surface area contributed by atoms with Gasteiger partial charge < -0.3 is 20.1 Å². The van der Waals surface area contributed by atoms with E-state index in [-0.39, 0.29) is 19.1 Å². The van der Waals surface area contributed by atoms with Gasteiger partial charge in [-0.05, 0) is 29.0 Å². The van der Waals surface area contributed by atoms with Crippen molar-refractivity contribution in [2.75, 3.05) is 13.1 Å². The Bertz CT molecular complexity index is 890. The molecule has 3 aromatic carbocycles. The van der Waals surface area contributed by atoms with Crippen LogP contribution in [0, 0.1) is 5.92 Å². The normalized spacial score (nSPS) is 10.4. The molecule has 0 spiro atoms. The van der Waals surface area contributed by atoms with Crippen LogP contribution in [0.25, 0.3) is 0 Å². The van der Waals surface area contributed by atoms with Crippen molar-refractivity contribution in [1.29, 1.82) is 0 Å². The minimum Gasteiger partial charge on any atom is -0.445 e. The Morgan fingerprint density at radius 3 is 1.38 bits per heavy atom. The molecule has 6 heteroatoms. The number of carbonyl (C=O) groups is 2. The van der Waals surface area contributed by atoms with E-state index < -0.39 is 12.2 Å². The lowest BCUT2D eigenvalue weighted by Crippen LogP contribution is -2.38. The SMILES string of the molecule is O=C(NCC(CNC(=O)OCc1ccccc1)Cc1ccccc1)OCc1ccccc1. The molecule has 3 aromatic rings. The van der Waals surface area contributed by atoms with Crippen molar-refractivity contribution in [3.8, 4) is 0 Å². The summed E-state index contributed by atoms with van der Waals surface area (Å²) in [7, 11) is 0. The lowest BCUT2D eigenvalue weighted by Gasteiger charge is -2.18. The van der Waals surface area contributed by atoms with Crippen LogP contribution in [0.5, 0.6) is 0 Å². The molecule has 0 atom stereocenters. The van der Waals surface area contributed by atoms with E-state index >= 15 is 0 Å². The van der Waals surface area contributed by atoms with Gasteiger partial charge in [0.15, 0.2) is 0 Å². The number of benzene rings is 3. The third-order valence-corrected chi connectivity index (χ3v) is 4.86. The van der Waals surface area contributed by atoms with E-state index in [4.69, 9.17) is 9.47 Å². The van der Waals surface area contributed by atoms with Gasteiger partial charge in [-0.25, -0.2) is 9.59 Å². The predicted octanol–water partition coefficient (Wildman–Crippen LogP) is 4.70. The highest BCUT2D eigenvalue weighted by Gasteiger charge is 2.14. The summed E-state index contributed by atoms with van der Waals surface area (Å²) in [4.78, 5) is 24.3. The summed E-state index contributed by atoms with van der Waals surface area (Å²) < 4.78 is 10.6. The second kappa shape index (κ2) is 12.8. The molecule has 0 radical (unpaired) electrons. The van der Waals surface area contributed by atoms with Crippen LogP contribution in [0.4, 0.5) is 9.59 Å². The van der Waals surface area contributed by atoms with Crippen molar-refractivity contribution in [3.63, 3.8) is 0 Å². The third kappa shape index (κ3) is 8.52. The summed E-state index contributed by atoms with van der Waals surface area (Å²) in [5.74, 6) is -0.0223. The van der Waals surface area contributed by atoms with Crippen molar-refractivity contribution in [2.24, 2.45) is 5.92 Å². The average Bonchev–Trinajstić information content (AvgIpc) is 2.85. The first kappa shape index (κ1) is 22.9. The molecule has 2 amide bonds. The van der Waals surface area contributed by atoms with Crippen LogP contribution in [-0.2, 0) is 29.1 Å². The minimum atomic E-state index is -0.487. The molecule has 0 saturated carbocycles. The van der Waals surface area contributed by atoms with Gasteiger partial charge in [0.2, 0.25) is 0 Å². The number of hydrogen-bond donors (Lipinski definition) is 2. The van der Waals surface area contributed by atoms with E-state index in [1.165, 1.54) is 0 Å². The zero-order valence-electron chi connectivity index (χ0n) is 17.9. The van der Waals surface area contributed by atoms with E-state index in [1.807, 2.05) is 91.0 Å². The summed E-state index contributed by atoms with van der Waals surface area (Å²) in [5.41, 5.74) is 2.97. The monoisotopic (exact) mass is 432 g/mol. The highest BCUT2D eigenvalue weighted by atomic mass is 16.6. The fourth-order valence-electron chi connectivity index (χ4n) is 3.17. The van der Waals surface area contributed by atoms with Gasteiger partial charge >= 0.3 is 12.2 Å². The summed E-state index contributed by atoms with van der Waals surface area (Å²) in [6.45, 7) is 1.14.